The topological polar surface area (TPSA) is 78.9 Å². The number of carbonyl (C=O) groups is 3. The van der Waals surface area contributed by atoms with Crippen LogP contribution in [0.1, 0.15) is 284 Å². The molecule has 70 heavy (non-hydrogen) atoms. The van der Waals surface area contributed by atoms with Crippen LogP contribution >= 0.6 is 0 Å². The highest BCUT2D eigenvalue weighted by Gasteiger charge is 2.19. The fourth-order valence-electron chi connectivity index (χ4n) is 8.16. The summed E-state index contributed by atoms with van der Waals surface area (Å²) in [5, 5.41) is 0. The summed E-state index contributed by atoms with van der Waals surface area (Å²) in [5.74, 6) is -0.937. The van der Waals surface area contributed by atoms with Crippen LogP contribution in [0.5, 0.6) is 0 Å². The van der Waals surface area contributed by atoms with Crippen molar-refractivity contribution in [2.45, 2.75) is 290 Å². The Labute approximate surface area is 433 Å². The van der Waals surface area contributed by atoms with Gasteiger partial charge in [0, 0.05) is 19.3 Å². The third kappa shape index (κ3) is 55.5. The van der Waals surface area contributed by atoms with Gasteiger partial charge in [0.15, 0.2) is 6.10 Å². The molecule has 0 aliphatic heterocycles. The molecule has 0 aromatic carbocycles. The molecule has 0 rings (SSSR count). The Balaban J connectivity index is 4.43. The molecule has 6 heteroatoms. The molecule has 0 radical (unpaired) electrons. The zero-order valence-electron chi connectivity index (χ0n) is 46.0. The van der Waals surface area contributed by atoms with Crippen molar-refractivity contribution in [3.05, 3.63) is 85.1 Å². The van der Waals surface area contributed by atoms with Crippen LogP contribution in [-0.4, -0.2) is 37.2 Å². The largest absolute Gasteiger partial charge is 0.462 e. The van der Waals surface area contributed by atoms with Gasteiger partial charge >= 0.3 is 17.9 Å². The lowest BCUT2D eigenvalue weighted by molar-refractivity contribution is -0.167. The highest BCUT2D eigenvalue weighted by Crippen LogP contribution is 2.15. The summed E-state index contributed by atoms with van der Waals surface area (Å²) in [6.45, 7) is 6.48. The minimum Gasteiger partial charge on any atom is -0.462 e. The van der Waals surface area contributed by atoms with Gasteiger partial charge in [-0.1, -0.05) is 234 Å². The average molecular weight is 976 g/mol. The highest BCUT2D eigenvalue weighted by atomic mass is 16.6. The van der Waals surface area contributed by atoms with Gasteiger partial charge in [-0.05, 0) is 116 Å². The first-order valence-corrected chi connectivity index (χ1v) is 29.6. The van der Waals surface area contributed by atoms with E-state index >= 15 is 0 Å². The van der Waals surface area contributed by atoms with Crippen LogP contribution in [0.25, 0.3) is 0 Å². The Kier molecular flexibility index (Phi) is 55.3. The molecule has 1 atom stereocenters. The molecule has 0 aliphatic rings. The van der Waals surface area contributed by atoms with E-state index in [9.17, 15) is 14.4 Å². The van der Waals surface area contributed by atoms with Crippen molar-refractivity contribution in [1.82, 2.24) is 0 Å². The molecule has 0 saturated carbocycles. The van der Waals surface area contributed by atoms with Crippen LogP contribution < -0.4 is 0 Å². The molecule has 0 aromatic heterocycles. The van der Waals surface area contributed by atoms with Crippen molar-refractivity contribution in [2.24, 2.45) is 0 Å². The molecule has 0 aromatic rings. The third-order valence-corrected chi connectivity index (χ3v) is 12.6. The highest BCUT2D eigenvalue weighted by molar-refractivity contribution is 5.71. The van der Waals surface area contributed by atoms with Gasteiger partial charge in [0.25, 0.3) is 0 Å². The maximum atomic E-state index is 12.9. The second kappa shape index (κ2) is 58.2. The molecule has 0 N–H and O–H groups in total. The Morgan fingerprint density at radius 1 is 0.300 bits per heavy atom. The zero-order chi connectivity index (χ0) is 50.7. The summed E-state index contributed by atoms with van der Waals surface area (Å²) in [6, 6.07) is 0. The zero-order valence-corrected chi connectivity index (χ0v) is 46.0. The molecule has 1 unspecified atom stereocenters. The number of carbonyl (C=O) groups excluding carboxylic acids is 3. The normalized spacial score (nSPS) is 12.7. The van der Waals surface area contributed by atoms with E-state index in [0.717, 1.165) is 89.9 Å². The van der Waals surface area contributed by atoms with E-state index < -0.39 is 6.10 Å². The summed E-state index contributed by atoms with van der Waals surface area (Å²) >= 11 is 0. The Morgan fingerprint density at radius 2 is 0.557 bits per heavy atom. The predicted molar refractivity (Wildman–Crippen MR) is 302 cm³/mol. The van der Waals surface area contributed by atoms with Crippen molar-refractivity contribution >= 4 is 17.9 Å². The van der Waals surface area contributed by atoms with Gasteiger partial charge in [-0.3, -0.25) is 14.4 Å². The monoisotopic (exact) mass is 975 g/mol. The molecule has 0 fully saturated rings. The van der Waals surface area contributed by atoms with Crippen molar-refractivity contribution in [2.75, 3.05) is 13.2 Å². The van der Waals surface area contributed by atoms with E-state index in [1.54, 1.807) is 0 Å². The van der Waals surface area contributed by atoms with Crippen LogP contribution in [0, 0.1) is 0 Å². The van der Waals surface area contributed by atoms with Crippen molar-refractivity contribution in [3.8, 4) is 0 Å². The maximum Gasteiger partial charge on any atom is 0.306 e. The van der Waals surface area contributed by atoms with Gasteiger partial charge in [0.1, 0.15) is 13.2 Å². The summed E-state index contributed by atoms with van der Waals surface area (Å²) < 4.78 is 16.9. The fraction of sp³-hybridized carbons (Fsp3) is 0.734. The summed E-state index contributed by atoms with van der Waals surface area (Å²) in [7, 11) is 0. The van der Waals surface area contributed by atoms with Crippen molar-refractivity contribution in [1.29, 1.82) is 0 Å². The number of hydrogen-bond acceptors (Lipinski definition) is 6. The first kappa shape index (κ1) is 66.6. The average Bonchev–Trinajstić information content (AvgIpc) is 3.36. The van der Waals surface area contributed by atoms with Gasteiger partial charge in [-0.15, -0.1) is 0 Å². The maximum absolute atomic E-state index is 12.9. The van der Waals surface area contributed by atoms with Gasteiger partial charge < -0.3 is 14.2 Å². The summed E-state index contributed by atoms with van der Waals surface area (Å²) in [4.78, 5) is 38.2. The molecular formula is C64H110O6. The molecule has 402 valence electrons. The molecule has 0 heterocycles. The predicted octanol–water partition coefficient (Wildman–Crippen LogP) is 19.9. The lowest BCUT2D eigenvalue weighted by Gasteiger charge is -2.18. The van der Waals surface area contributed by atoms with E-state index in [0.29, 0.717) is 19.3 Å². The van der Waals surface area contributed by atoms with E-state index in [1.807, 2.05) is 0 Å². The van der Waals surface area contributed by atoms with Crippen LogP contribution in [-0.2, 0) is 28.6 Å². The Morgan fingerprint density at radius 3 is 0.943 bits per heavy atom. The fourth-order valence-corrected chi connectivity index (χ4v) is 8.16. The SMILES string of the molecule is CC/C=C\C/C=C\C/C=C\C/C=C\CCCCC(=O)OCC(COC(=O)CCCCCCCCCCC/C=C\C/C=C\CCCCC)OC(=O)CCCCCCCCC/C=C\CCCCCCCCC. The molecule has 0 amide bonds. The van der Waals surface area contributed by atoms with E-state index in [4.69, 9.17) is 14.2 Å². The van der Waals surface area contributed by atoms with Crippen molar-refractivity contribution < 1.29 is 28.6 Å². The molecule has 0 spiro atoms. The van der Waals surface area contributed by atoms with Crippen LogP contribution in [0.3, 0.4) is 0 Å². The lowest BCUT2D eigenvalue weighted by atomic mass is 10.1. The van der Waals surface area contributed by atoms with Crippen LogP contribution in [0.4, 0.5) is 0 Å². The van der Waals surface area contributed by atoms with Gasteiger partial charge in [-0.2, -0.15) is 0 Å². The lowest BCUT2D eigenvalue weighted by Crippen LogP contribution is -2.30. The molecule has 0 aliphatic carbocycles. The van der Waals surface area contributed by atoms with E-state index in [-0.39, 0.29) is 31.1 Å². The second-order valence-electron chi connectivity index (χ2n) is 19.5. The minimum atomic E-state index is -0.798. The Hall–Kier alpha value is -3.41. The van der Waals surface area contributed by atoms with Crippen LogP contribution in [0.2, 0.25) is 0 Å². The number of allylic oxidation sites excluding steroid dienone is 14. The molecular weight excluding hydrogens is 865 g/mol. The second-order valence-corrected chi connectivity index (χ2v) is 19.5. The number of esters is 3. The molecule has 6 nitrogen and oxygen atoms in total. The molecule has 0 bridgehead atoms. The van der Waals surface area contributed by atoms with Gasteiger partial charge in [0.05, 0.1) is 0 Å². The number of rotatable bonds is 53. The first-order chi connectivity index (χ1) is 34.5. The Bertz CT molecular complexity index is 1350. The number of ether oxygens (including phenoxy) is 3. The van der Waals surface area contributed by atoms with Gasteiger partial charge in [-0.25, -0.2) is 0 Å². The van der Waals surface area contributed by atoms with Crippen LogP contribution in [0.15, 0.2) is 85.1 Å². The minimum absolute atomic E-state index is 0.0933. The molecule has 0 saturated heterocycles. The standard InChI is InChI=1S/C64H110O6/c1-4-7-10-13-16-19-22-25-28-30-32-34-36-39-42-45-48-51-54-57-63(66)69-60-61(59-68-62(65)56-53-50-47-44-41-38-35-27-24-21-18-15-12-9-6-3)70-64(67)58-55-52-49-46-43-40-37-33-31-29-26-23-20-17-14-11-8-5-2/h9,12,16,18-19,21,25,27-29,31,35,41,44,61H,4-8,10-11,13-15,17,20,22-24,26,30,32-34,36-40,42-43,45-60H2,1-3H3/b12-9-,19-16-,21-18-,28-25-,31-29-,35-27-,44-41-. The first-order valence-electron chi connectivity index (χ1n) is 29.6. The van der Waals surface area contributed by atoms with E-state index in [2.05, 4.69) is 106 Å². The summed E-state index contributed by atoms with van der Waals surface area (Å²) in [6.07, 6.45) is 75.7. The quantitative estimate of drug-likeness (QED) is 0.0261. The smallest absolute Gasteiger partial charge is 0.306 e. The van der Waals surface area contributed by atoms with Crippen molar-refractivity contribution in [3.63, 3.8) is 0 Å². The summed E-state index contributed by atoms with van der Waals surface area (Å²) in [5.41, 5.74) is 0. The van der Waals surface area contributed by atoms with E-state index in [1.165, 1.54) is 154 Å². The van der Waals surface area contributed by atoms with Gasteiger partial charge in [0.2, 0.25) is 0 Å². The number of unbranched alkanes of at least 4 members (excludes halogenated alkanes) is 28. The number of hydrogen-bond donors (Lipinski definition) is 0. The third-order valence-electron chi connectivity index (χ3n) is 12.6.